The molecule has 0 aliphatic heterocycles. The van der Waals surface area contributed by atoms with Gasteiger partial charge in [0.15, 0.2) is 0 Å². The van der Waals surface area contributed by atoms with Crippen molar-refractivity contribution < 1.29 is 27.9 Å². The van der Waals surface area contributed by atoms with Crippen molar-refractivity contribution in [3.63, 3.8) is 0 Å². The van der Waals surface area contributed by atoms with Crippen molar-refractivity contribution in [2.75, 3.05) is 20.3 Å². The predicted molar refractivity (Wildman–Crippen MR) is 119 cm³/mol. The van der Waals surface area contributed by atoms with Gasteiger partial charge in [0.25, 0.3) is 0 Å². The monoisotopic (exact) mass is 436 g/mol. The molecule has 2 rings (SSSR count). The zero-order chi connectivity index (χ0) is 22.1. The molecule has 0 aliphatic rings. The SMILES string of the molecule is CCCC[C@@H](OC(=O)[C@@H](C)c1ccc2cc(OC)ccc2c1)P(=O)(OCC)OCC. The van der Waals surface area contributed by atoms with Crippen LogP contribution in [0.15, 0.2) is 36.4 Å². The molecular formula is C23H33O6P. The van der Waals surface area contributed by atoms with Crippen LogP contribution in [0.4, 0.5) is 0 Å². The molecular weight excluding hydrogens is 403 g/mol. The van der Waals surface area contributed by atoms with Crippen molar-refractivity contribution in [3.05, 3.63) is 42.0 Å². The lowest BCUT2D eigenvalue weighted by Gasteiger charge is -2.27. The van der Waals surface area contributed by atoms with Crippen LogP contribution >= 0.6 is 7.60 Å². The number of carbonyl (C=O) groups is 1. The van der Waals surface area contributed by atoms with E-state index in [0.717, 1.165) is 34.9 Å². The van der Waals surface area contributed by atoms with Crippen LogP contribution in [-0.2, 0) is 23.1 Å². The van der Waals surface area contributed by atoms with Crippen molar-refractivity contribution in [2.45, 2.75) is 58.7 Å². The van der Waals surface area contributed by atoms with Crippen LogP contribution in [-0.4, -0.2) is 32.1 Å². The Morgan fingerprint density at radius 3 is 2.23 bits per heavy atom. The van der Waals surface area contributed by atoms with Gasteiger partial charge in [-0.25, -0.2) is 0 Å². The Morgan fingerprint density at radius 2 is 1.63 bits per heavy atom. The van der Waals surface area contributed by atoms with Gasteiger partial charge in [0.2, 0.25) is 5.85 Å². The summed E-state index contributed by atoms with van der Waals surface area (Å²) in [6.45, 7) is 7.75. The smallest absolute Gasteiger partial charge is 0.370 e. The minimum Gasteiger partial charge on any atom is -0.497 e. The largest absolute Gasteiger partial charge is 0.497 e. The molecule has 0 fully saturated rings. The summed E-state index contributed by atoms with van der Waals surface area (Å²) >= 11 is 0. The van der Waals surface area contributed by atoms with E-state index in [2.05, 4.69) is 0 Å². The maximum Gasteiger partial charge on any atom is 0.370 e. The van der Waals surface area contributed by atoms with Crippen LogP contribution < -0.4 is 4.74 Å². The molecule has 0 heterocycles. The van der Waals surface area contributed by atoms with Crippen LogP contribution in [0.1, 0.15) is 58.4 Å². The first-order chi connectivity index (χ1) is 14.4. The third-order valence-electron chi connectivity index (χ3n) is 4.95. The second kappa shape index (κ2) is 11.5. The number of fused-ring (bicyclic) bond motifs is 1. The highest BCUT2D eigenvalue weighted by molar-refractivity contribution is 7.54. The molecule has 0 amide bonds. The van der Waals surface area contributed by atoms with Crippen LogP contribution in [0.2, 0.25) is 0 Å². The van der Waals surface area contributed by atoms with Crippen LogP contribution in [0.3, 0.4) is 0 Å². The number of hydrogen-bond donors (Lipinski definition) is 0. The van der Waals surface area contributed by atoms with Gasteiger partial charge in [0.1, 0.15) is 5.75 Å². The molecule has 6 nitrogen and oxygen atoms in total. The van der Waals surface area contributed by atoms with Crippen LogP contribution in [0.25, 0.3) is 10.8 Å². The minimum atomic E-state index is -3.55. The standard InChI is InChI=1S/C23H33O6P/c1-6-9-10-22(30(25,27-7-2)28-8-3)29-23(24)17(4)18-11-12-20-16-21(26-5)14-13-19(20)15-18/h11-17,22H,6-10H2,1-5H3/t17-,22-/m0/s1. The van der Waals surface area contributed by atoms with Crippen molar-refractivity contribution in [2.24, 2.45) is 0 Å². The van der Waals surface area contributed by atoms with E-state index in [1.807, 2.05) is 43.3 Å². The number of unbranched alkanes of at least 4 members (excludes halogenated alkanes) is 1. The molecule has 0 saturated carbocycles. The second-order valence-electron chi connectivity index (χ2n) is 7.10. The number of carbonyl (C=O) groups excluding carboxylic acids is 1. The van der Waals surface area contributed by atoms with Gasteiger partial charge in [0.05, 0.1) is 26.2 Å². The van der Waals surface area contributed by atoms with E-state index < -0.39 is 25.3 Å². The molecule has 0 saturated heterocycles. The third-order valence-corrected chi connectivity index (χ3v) is 7.26. The third kappa shape index (κ3) is 6.07. The number of benzene rings is 2. The van der Waals surface area contributed by atoms with Gasteiger partial charge in [-0.3, -0.25) is 9.36 Å². The zero-order valence-electron chi connectivity index (χ0n) is 18.6. The quantitative estimate of drug-likeness (QED) is 0.288. The van der Waals surface area contributed by atoms with Crippen LogP contribution in [0, 0.1) is 0 Å². The summed E-state index contributed by atoms with van der Waals surface area (Å²) in [5, 5.41) is 2.03. The highest BCUT2D eigenvalue weighted by Crippen LogP contribution is 2.55. The van der Waals surface area contributed by atoms with Crippen LogP contribution in [0.5, 0.6) is 5.75 Å². The molecule has 0 aromatic heterocycles. The van der Waals surface area contributed by atoms with E-state index in [1.165, 1.54) is 0 Å². The number of esters is 1. The van der Waals surface area contributed by atoms with Gasteiger partial charge in [-0.2, -0.15) is 0 Å². The van der Waals surface area contributed by atoms with Gasteiger partial charge in [-0.1, -0.05) is 37.6 Å². The summed E-state index contributed by atoms with van der Waals surface area (Å²) in [6.07, 6.45) is 2.08. The summed E-state index contributed by atoms with van der Waals surface area (Å²) in [4.78, 5) is 12.9. The Balaban J connectivity index is 2.23. The Hall–Kier alpha value is -1.88. The van der Waals surface area contributed by atoms with Crippen molar-refractivity contribution in [1.82, 2.24) is 0 Å². The van der Waals surface area contributed by atoms with E-state index in [1.54, 1.807) is 27.9 Å². The summed E-state index contributed by atoms with van der Waals surface area (Å²) in [6, 6.07) is 11.6. The lowest BCUT2D eigenvalue weighted by molar-refractivity contribution is -0.148. The Labute approximate surface area is 179 Å². The molecule has 2 aromatic carbocycles. The molecule has 0 N–H and O–H groups in total. The molecule has 0 radical (unpaired) electrons. The summed E-state index contributed by atoms with van der Waals surface area (Å²) < 4.78 is 35.1. The maximum atomic E-state index is 13.2. The summed E-state index contributed by atoms with van der Waals surface area (Å²) in [5.41, 5.74) is 0.828. The van der Waals surface area contributed by atoms with Gasteiger partial charge in [-0.05, 0) is 62.1 Å². The topological polar surface area (TPSA) is 71.1 Å². The Bertz CT molecular complexity index is 871. The normalized spacial score (nSPS) is 13.8. The van der Waals surface area contributed by atoms with Gasteiger partial charge in [0, 0.05) is 0 Å². The van der Waals surface area contributed by atoms with E-state index in [0.29, 0.717) is 6.42 Å². The number of rotatable bonds is 12. The molecule has 0 bridgehead atoms. The second-order valence-corrected chi connectivity index (χ2v) is 9.28. The first-order valence-corrected chi connectivity index (χ1v) is 12.2. The summed E-state index contributed by atoms with van der Waals surface area (Å²) in [5.74, 6) is -1.08. The highest BCUT2D eigenvalue weighted by atomic mass is 31.2. The molecule has 7 heteroatoms. The first-order valence-electron chi connectivity index (χ1n) is 10.5. The average Bonchev–Trinajstić information content (AvgIpc) is 2.75. The number of methoxy groups -OCH3 is 1. The fourth-order valence-electron chi connectivity index (χ4n) is 3.23. The molecule has 0 unspecified atom stereocenters. The number of ether oxygens (including phenoxy) is 2. The van der Waals surface area contributed by atoms with E-state index in [9.17, 15) is 9.36 Å². The van der Waals surface area contributed by atoms with Crippen molar-refractivity contribution in [1.29, 1.82) is 0 Å². The zero-order valence-corrected chi connectivity index (χ0v) is 19.4. The van der Waals surface area contributed by atoms with E-state index >= 15 is 0 Å². The maximum absolute atomic E-state index is 13.2. The fraction of sp³-hybridized carbons (Fsp3) is 0.522. The molecule has 166 valence electrons. The van der Waals surface area contributed by atoms with Gasteiger partial charge < -0.3 is 18.5 Å². The van der Waals surface area contributed by atoms with E-state index in [-0.39, 0.29) is 13.2 Å². The van der Waals surface area contributed by atoms with E-state index in [4.69, 9.17) is 18.5 Å². The fourth-order valence-corrected chi connectivity index (χ4v) is 5.09. The molecule has 0 spiro atoms. The molecule has 2 atom stereocenters. The number of hydrogen-bond acceptors (Lipinski definition) is 6. The summed E-state index contributed by atoms with van der Waals surface area (Å²) in [7, 11) is -1.92. The predicted octanol–water partition coefficient (Wildman–Crippen LogP) is 6.28. The average molecular weight is 436 g/mol. The van der Waals surface area contributed by atoms with Gasteiger partial charge in [-0.15, -0.1) is 0 Å². The molecule has 2 aromatic rings. The molecule has 30 heavy (non-hydrogen) atoms. The minimum absolute atomic E-state index is 0.223. The van der Waals surface area contributed by atoms with Crippen molar-refractivity contribution >= 4 is 24.3 Å². The lowest BCUT2D eigenvalue weighted by Crippen LogP contribution is -2.24. The highest BCUT2D eigenvalue weighted by Gasteiger charge is 2.39. The Morgan fingerprint density at radius 1 is 1.00 bits per heavy atom. The Kier molecular flexibility index (Phi) is 9.35. The first kappa shape index (κ1) is 24.4. The van der Waals surface area contributed by atoms with Crippen molar-refractivity contribution in [3.8, 4) is 5.75 Å². The van der Waals surface area contributed by atoms with Gasteiger partial charge >= 0.3 is 13.6 Å². The lowest BCUT2D eigenvalue weighted by atomic mass is 9.98. The molecule has 0 aliphatic carbocycles.